The fraction of sp³-hybridized carbons (Fsp3) is 0.333. The van der Waals surface area contributed by atoms with Gasteiger partial charge in [0.25, 0.3) is 0 Å². The molecule has 2 aromatic heterocycles. The first kappa shape index (κ1) is 26.5. The molecule has 4 aromatic rings. The first-order valence-corrected chi connectivity index (χ1v) is 15.5. The summed E-state index contributed by atoms with van der Waals surface area (Å²) in [7, 11) is -3.96. The van der Waals surface area contributed by atoms with E-state index in [0.29, 0.717) is 18.5 Å². The van der Waals surface area contributed by atoms with Crippen LogP contribution >= 0.6 is 11.3 Å². The molecule has 3 heterocycles. The quantitative estimate of drug-likeness (QED) is 0.243. The molecular weight excluding hydrogens is 514 g/mol. The van der Waals surface area contributed by atoms with Crippen LogP contribution in [0.1, 0.15) is 53.8 Å². The monoisotopic (exact) mass is 547 g/mol. The molecule has 8 heteroatoms. The van der Waals surface area contributed by atoms with E-state index < -0.39 is 10.0 Å². The van der Waals surface area contributed by atoms with Gasteiger partial charge < -0.3 is 4.90 Å². The lowest BCUT2D eigenvalue weighted by Crippen LogP contribution is -2.47. The molecule has 1 aliphatic rings. The molecule has 0 aliphatic carbocycles. The smallest absolute Gasteiger partial charge is 0.245 e. The molecule has 1 amide bonds. The third-order valence-corrected chi connectivity index (χ3v) is 10.2. The maximum atomic E-state index is 14.0. The first-order valence-electron chi connectivity index (χ1n) is 13.2. The van der Waals surface area contributed by atoms with Crippen molar-refractivity contribution in [1.29, 1.82) is 0 Å². The average molecular weight is 548 g/mol. The minimum absolute atomic E-state index is 0.147. The van der Waals surface area contributed by atoms with Crippen molar-refractivity contribution in [3.63, 3.8) is 0 Å². The number of benzene rings is 2. The number of amides is 1. The highest BCUT2D eigenvalue weighted by Crippen LogP contribution is 2.39. The van der Waals surface area contributed by atoms with Gasteiger partial charge >= 0.3 is 0 Å². The number of thiophene rings is 1. The lowest BCUT2D eigenvalue weighted by Gasteiger charge is -2.38. The van der Waals surface area contributed by atoms with Crippen LogP contribution in [0.2, 0.25) is 0 Å². The second kappa shape index (κ2) is 11.4. The number of carbonyl (C=O) groups is 1. The summed E-state index contributed by atoms with van der Waals surface area (Å²) in [6.45, 7) is 4.80. The summed E-state index contributed by atoms with van der Waals surface area (Å²) in [5.41, 5.74) is 3.77. The predicted octanol–water partition coefficient (Wildman–Crippen LogP) is 5.96. The Balaban J connectivity index is 1.50. The van der Waals surface area contributed by atoms with Gasteiger partial charge in [-0.25, -0.2) is 8.42 Å². The van der Waals surface area contributed by atoms with E-state index in [2.05, 4.69) is 42.4 Å². The predicted molar refractivity (Wildman–Crippen MR) is 153 cm³/mol. The number of hydrogen-bond acceptors (Lipinski definition) is 5. The first-order chi connectivity index (χ1) is 18.4. The molecule has 6 nitrogen and oxygen atoms in total. The van der Waals surface area contributed by atoms with E-state index in [4.69, 9.17) is 0 Å². The molecule has 0 spiro atoms. The Kier molecular flexibility index (Phi) is 7.93. The van der Waals surface area contributed by atoms with Gasteiger partial charge in [-0.3, -0.25) is 9.78 Å². The van der Waals surface area contributed by atoms with E-state index in [1.165, 1.54) is 9.18 Å². The Morgan fingerprint density at radius 3 is 2.68 bits per heavy atom. The van der Waals surface area contributed by atoms with Crippen molar-refractivity contribution in [1.82, 2.24) is 14.2 Å². The van der Waals surface area contributed by atoms with Gasteiger partial charge in [0, 0.05) is 29.5 Å². The highest BCUT2D eigenvalue weighted by atomic mass is 32.2. The van der Waals surface area contributed by atoms with Crippen LogP contribution in [0, 0.1) is 6.92 Å². The van der Waals surface area contributed by atoms with Crippen LogP contribution < -0.4 is 0 Å². The molecule has 0 saturated carbocycles. The number of para-hydroxylation sites is 1. The standard InChI is InChI=1S/C30H33N3O3S2/c1-3-4-7-18-32(38(35,36)27-14-8-11-23-12-9-17-31-29(23)27)21-28(34)33-19-15-26-25(16-20-37-26)30(33)24-13-6-5-10-22(24)2/h5-6,8-14,16-17,20,30H,3-4,7,15,18-19,21H2,1-2H3/t30-/m0/s1. The van der Waals surface area contributed by atoms with Crippen molar-refractivity contribution in [2.75, 3.05) is 19.6 Å². The largest absolute Gasteiger partial charge is 0.330 e. The number of aromatic nitrogens is 1. The van der Waals surface area contributed by atoms with E-state index in [-0.39, 0.29) is 29.9 Å². The third kappa shape index (κ3) is 5.13. The molecule has 2 aromatic carbocycles. The second-order valence-corrected chi connectivity index (χ2v) is 12.7. The van der Waals surface area contributed by atoms with Gasteiger partial charge in [-0.15, -0.1) is 11.3 Å². The number of unbranched alkanes of at least 4 members (excludes halogenated alkanes) is 2. The van der Waals surface area contributed by atoms with Crippen molar-refractivity contribution >= 4 is 38.2 Å². The highest BCUT2D eigenvalue weighted by molar-refractivity contribution is 7.89. The molecule has 38 heavy (non-hydrogen) atoms. The molecule has 0 radical (unpaired) electrons. The summed E-state index contributed by atoms with van der Waals surface area (Å²) in [6, 6.07) is 18.9. The van der Waals surface area contributed by atoms with Gasteiger partial charge in [0.15, 0.2) is 0 Å². The maximum absolute atomic E-state index is 14.0. The number of nitrogens with zero attached hydrogens (tertiary/aromatic N) is 3. The fourth-order valence-electron chi connectivity index (χ4n) is 5.30. The highest BCUT2D eigenvalue weighted by Gasteiger charge is 2.36. The summed E-state index contributed by atoms with van der Waals surface area (Å²) in [5, 5.41) is 2.84. The molecule has 0 N–H and O–H groups in total. The zero-order valence-electron chi connectivity index (χ0n) is 21.8. The zero-order chi connectivity index (χ0) is 26.7. The van der Waals surface area contributed by atoms with Crippen molar-refractivity contribution in [2.45, 2.75) is 50.5 Å². The fourth-order valence-corrected chi connectivity index (χ4v) is 7.80. The van der Waals surface area contributed by atoms with Crippen LogP contribution in [-0.2, 0) is 21.2 Å². The Morgan fingerprint density at radius 1 is 1.05 bits per heavy atom. The molecular formula is C30H33N3O3S2. The van der Waals surface area contributed by atoms with Gasteiger partial charge in [-0.2, -0.15) is 4.31 Å². The van der Waals surface area contributed by atoms with Crippen molar-refractivity contribution in [2.24, 2.45) is 0 Å². The Labute approximate surface area is 229 Å². The van der Waals surface area contributed by atoms with E-state index in [1.54, 1.807) is 35.7 Å². The van der Waals surface area contributed by atoms with E-state index in [0.717, 1.165) is 41.3 Å². The molecule has 5 rings (SSSR count). The molecule has 1 aliphatic heterocycles. The van der Waals surface area contributed by atoms with Crippen LogP contribution in [0.5, 0.6) is 0 Å². The third-order valence-electron chi connectivity index (χ3n) is 7.31. The van der Waals surface area contributed by atoms with Crippen LogP contribution in [0.3, 0.4) is 0 Å². The minimum atomic E-state index is -3.96. The number of pyridine rings is 1. The van der Waals surface area contributed by atoms with Gasteiger partial charge in [0.1, 0.15) is 4.90 Å². The summed E-state index contributed by atoms with van der Waals surface area (Å²) < 4.78 is 29.4. The van der Waals surface area contributed by atoms with Gasteiger partial charge in [-0.05, 0) is 60.0 Å². The van der Waals surface area contributed by atoms with E-state index in [9.17, 15) is 13.2 Å². The normalized spacial score (nSPS) is 15.7. The van der Waals surface area contributed by atoms with Crippen LogP contribution in [-0.4, -0.2) is 48.1 Å². The van der Waals surface area contributed by atoms with Crippen molar-refractivity contribution < 1.29 is 13.2 Å². The van der Waals surface area contributed by atoms with Crippen molar-refractivity contribution in [3.8, 4) is 0 Å². The van der Waals surface area contributed by atoms with E-state index >= 15 is 0 Å². The second-order valence-electron chi connectivity index (χ2n) is 9.77. The van der Waals surface area contributed by atoms with Gasteiger partial charge in [0.2, 0.25) is 15.9 Å². The number of carbonyl (C=O) groups excluding carboxylic acids is 1. The zero-order valence-corrected chi connectivity index (χ0v) is 23.5. The molecule has 0 unspecified atom stereocenters. The molecule has 1 atom stereocenters. The summed E-state index contributed by atoms with van der Waals surface area (Å²) in [6.07, 6.45) is 4.92. The minimum Gasteiger partial charge on any atom is -0.330 e. The lowest BCUT2D eigenvalue weighted by atomic mass is 9.90. The van der Waals surface area contributed by atoms with E-state index in [1.807, 2.05) is 29.2 Å². The Hall–Kier alpha value is -3.07. The molecule has 198 valence electrons. The summed E-state index contributed by atoms with van der Waals surface area (Å²) in [5.74, 6) is -0.177. The van der Waals surface area contributed by atoms with Crippen LogP contribution in [0.15, 0.2) is 77.1 Å². The van der Waals surface area contributed by atoms with Gasteiger partial charge in [0.05, 0.1) is 18.1 Å². The summed E-state index contributed by atoms with van der Waals surface area (Å²) >= 11 is 1.72. The Bertz CT molecular complexity index is 1540. The topological polar surface area (TPSA) is 70.6 Å². The number of aryl methyl sites for hydroxylation is 1. The van der Waals surface area contributed by atoms with Gasteiger partial charge in [-0.1, -0.05) is 62.2 Å². The number of hydrogen-bond donors (Lipinski definition) is 0. The molecule has 0 saturated heterocycles. The van der Waals surface area contributed by atoms with Crippen molar-refractivity contribution in [3.05, 3.63) is 93.8 Å². The maximum Gasteiger partial charge on any atom is 0.245 e. The number of rotatable bonds is 9. The summed E-state index contributed by atoms with van der Waals surface area (Å²) in [4.78, 5) is 21.7. The SMILES string of the molecule is CCCCCN(CC(=O)N1CCc2sccc2[C@@H]1c1ccccc1C)S(=O)(=O)c1cccc2cccnc12. The lowest BCUT2D eigenvalue weighted by molar-refractivity contribution is -0.133. The number of sulfonamides is 1. The number of fused-ring (bicyclic) bond motifs is 2. The van der Waals surface area contributed by atoms with Crippen LogP contribution in [0.25, 0.3) is 10.9 Å². The average Bonchev–Trinajstić information content (AvgIpc) is 3.41. The molecule has 0 bridgehead atoms. The molecule has 0 fully saturated rings. The van der Waals surface area contributed by atoms with Crippen LogP contribution in [0.4, 0.5) is 0 Å². The Morgan fingerprint density at radius 2 is 1.87 bits per heavy atom.